The fourth-order valence-corrected chi connectivity index (χ4v) is 24.0. The number of hydrogen-bond acceptors (Lipinski definition) is 7. The predicted molar refractivity (Wildman–Crippen MR) is 602 cm³/mol. The summed E-state index contributed by atoms with van der Waals surface area (Å²) >= 11 is 0. The zero-order chi connectivity index (χ0) is 95.6. The van der Waals surface area contributed by atoms with Gasteiger partial charge < -0.3 is 22.3 Å². The number of fused-ring (bicyclic) bond motifs is 33. The quantitative estimate of drug-likeness (QED) is 0.132. The van der Waals surface area contributed by atoms with E-state index in [0.717, 1.165) is 112 Å². The van der Waals surface area contributed by atoms with Gasteiger partial charge in [-0.15, -0.1) is 0 Å². The molecule has 33 rings (SSSR count). The van der Waals surface area contributed by atoms with Gasteiger partial charge in [0.05, 0.1) is 140 Å². The van der Waals surface area contributed by atoms with Crippen LogP contribution in [0.1, 0.15) is 0 Å². The summed E-state index contributed by atoms with van der Waals surface area (Å²) in [5.74, 6) is 0.563. The summed E-state index contributed by atoms with van der Waals surface area (Å²) in [5, 5.41) is 23.5. The molecule has 0 unspecified atom stereocenters. The minimum atomic E-state index is 0.563. The Labute approximate surface area is 831 Å². The Morgan fingerprint density at radius 1 is 0.185 bits per heavy atom. The molecule has 0 atom stereocenters. The summed E-state index contributed by atoms with van der Waals surface area (Å²) in [6, 6.07) is 161. The van der Waals surface area contributed by atoms with E-state index in [-0.39, 0.29) is 0 Å². The van der Waals surface area contributed by atoms with E-state index in [1.807, 2.05) is 97.1 Å². The maximum atomic E-state index is 7.40. The number of nitrogens with zero attached hydrogens (tertiary/aromatic N) is 14. The van der Waals surface area contributed by atoms with Gasteiger partial charge in [0.1, 0.15) is 0 Å². The van der Waals surface area contributed by atoms with E-state index in [4.69, 9.17) is 36.5 Å². The van der Waals surface area contributed by atoms with Crippen molar-refractivity contribution in [2.75, 3.05) is 0 Å². The van der Waals surface area contributed by atoms with E-state index in [1.54, 1.807) is 6.20 Å². The zero-order valence-electron chi connectivity index (χ0n) is 78.1. The highest BCUT2D eigenvalue weighted by molar-refractivity contribution is 6.39. The van der Waals surface area contributed by atoms with Gasteiger partial charge in [-0.1, -0.05) is 322 Å². The van der Waals surface area contributed by atoms with Crippen LogP contribution in [0.3, 0.4) is 0 Å². The Bertz CT molecular complexity index is 11300. The van der Waals surface area contributed by atoms with Gasteiger partial charge in [-0.25, -0.2) is 34.7 Å². The molecule has 0 saturated carbocycles. The third-order valence-electron chi connectivity index (χ3n) is 30.2. The highest BCUT2D eigenvalue weighted by Crippen LogP contribution is 2.53. The van der Waals surface area contributed by atoms with Crippen LogP contribution in [0.4, 0.5) is 5.69 Å². The standard InChI is InChI=1S/C50H30N4.C44H26N4.C38H20N6/c1-2-12-31(13-3-1)32-22-24-33(25-23-32)48-49(52-41-18-8-7-17-40(41)51-48)34-26-28-35(29-27-34)53-43-20-10-5-15-37(43)46-45(53)30-39-36-14-4-9-19-42(36)54-44-21-11-6-16-38(44)47(46)50(39)54;1-2-12-27(13-3-1)42-43(46-35-18-8-7-17-34(35)45-42)28-22-24-29(25-23-28)47-37-20-10-5-15-31(37)40-39(47)26-33-30-14-4-9-19-36(30)48-38-21-11-6-16-32(38)41(40)44(33)48;1-39-23-18-16-22(17-19-23)35-27-12-8-20-40-37(27)42-38(41-35)44-31-15-7-3-10-25(31)33-32(44)21-28-24-9-2-5-13-29(24)43-30-14-6-4-11-26(30)34(33)36(28)43/h1-30H;1-26H;2-21H. The molecule has 14 heteroatoms. The molecule has 0 aliphatic carbocycles. The van der Waals surface area contributed by atoms with Gasteiger partial charge in [0.2, 0.25) is 5.95 Å². The van der Waals surface area contributed by atoms with Crippen LogP contribution in [-0.2, 0) is 0 Å². The molecule has 0 radical (unpaired) electrons. The first-order chi connectivity index (χ1) is 72.4. The van der Waals surface area contributed by atoms with E-state index < -0.39 is 0 Å². The van der Waals surface area contributed by atoms with Gasteiger partial charge in [-0.05, 0) is 150 Å². The lowest BCUT2D eigenvalue weighted by molar-refractivity contribution is 1.01. The van der Waals surface area contributed by atoms with Gasteiger partial charge in [0, 0.05) is 142 Å². The van der Waals surface area contributed by atoms with Crippen LogP contribution in [0.2, 0.25) is 0 Å². The molecule has 33 aromatic rings. The maximum Gasteiger partial charge on any atom is 0.237 e. The average molecular weight is 1860 g/mol. The first-order valence-electron chi connectivity index (χ1n) is 49.3. The van der Waals surface area contributed by atoms with E-state index in [9.17, 15) is 0 Å². The Morgan fingerprint density at radius 3 is 0.829 bits per heavy atom. The van der Waals surface area contributed by atoms with Crippen molar-refractivity contribution in [3.05, 3.63) is 473 Å². The molecule has 20 aromatic carbocycles. The van der Waals surface area contributed by atoms with Crippen LogP contribution in [0, 0.1) is 6.57 Å². The highest BCUT2D eigenvalue weighted by Gasteiger charge is 2.31. The molecular formula is C132H76N14. The second-order valence-corrected chi connectivity index (χ2v) is 37.9. The van der Waals surface area contributed by atoms with Gasteiger partial charge >= 0.3 is 0 Å². The first-order valence-corrected chi connectivity index (χ1v) is 49.3. The zero-order valence-corrected chi connectivity index (χ0v) is 78.1. The van der Waals surface area contributed by atoms with Gasteiger partial charge in [0.15, 0.2) is 11.3 Å². The fraction of sp³-hybridized carbons (Fsp3) is 0. The second-order valence-electron chi connectivity index (χ2n) is 37.9. The molecule has 0 spiro atoms. The van der Waals surface area contributed by atoms with E-state index >= 15 is 0 Å². The molecule has 674 valence electrons. The largest absolute Gasteiger partial charge is 0.309 e. The molecule has 0 aliphatic heterocycles. The van der Waals surface area contributed by atoms with Crippen molar-refractivity contribution in [3.63, 3.8) is 0 Å². The smallest absolute Gasteiger partial charge is 0.237 e. The molecule has 0 N–H and O–H groups in total. The first kappa shape index (κ1) is 80.8. The van der Waals surface area contributed by atoms with E-state index in [0.29, 0.717) is 17.3 Å². The molecule has 14 nitrogen and oxygen atoms in total. The van der Waals surface area contributed by atoms with Crippen LogP contribution in [0.5, 0.6) is 0 Å². The molecule has 13 heterocycles. The van der Waals surface area contributed by atoms with Crippen LogP contribution in [0.15, 0.2) is 461 Å². The van der Waals surface area contributed by atoms with E-state index in [1.165, 1.54) is 174 Å². The van der Waals surface area contributed by atoms with Crippen molar-refractivity contribution in [1.29, 1.82) is 0 Å². The lowest BCUT2D eigenvalue weighted by atomic mass is 9.99. The topological polar surface area (TPSA) is 123 Å². The number of rotatable bonds is 9. The Morgan fingerprint density at radius 2 is 0.452 bits per heavy atom. The highest BCUT2D eigenvalue weighted by atomic mass is 15.2. The normalized spacial score (nSPS) is 12.1. The minimum Gasteiger partial charge on any atom is -0.309 e. The van der Waals surface area contributed by atoms with Crippen LogP contribution >= 0.6 is 0 Å². The van der Waals surface area contributed by atoms with Crippen LogP contribution < -0.4 is 0 Å². The summed E-state index contributed by atoms with van der Waals surface area (Å²) in [6.07, 6.45) is 1.77. The number of pyridine rings is 1. The summed E-state index contributed by atoms with van der Waals surface area (Å²) < 4.78 is 14.4. The average Bonchev–Trinajstić information content (AvgIpc) is 1.52. The maximum absolute atomic E-state index is 7.40. The fourth-order valence-electron chi connectivity index (χ4n) is 24.0. The summed E-state index contributed by atoms with van der Waals surface area (Å²) in [6.45, 7) is 7.40. The summed E-state index contributed by atoms with van der Waals surface area (Å²) in [7, 11) is 0. The number of benzene rings is 20. The van der Waals surface area contributed by atoms with Crippen LogP contribution in [0.25, 0.3) is 302 Å². The summed E-state index contributed by atoms with van der Waals surface area (Å²) in [4.78, 5) is 39.2. The van der Waals surface area contributed by atoms with Crippen molar-refractivity contribution in [1.82, 2.24) is 61.8 Å². The predicted octanol–water partition coefficient (Wildman–Crippen LogP) is 33.6. The molecular weight excluding hydrogens is 1780 g/mol. The molecule has 13 aromatic heterocycles. The Balaban J connectivity index is 0.0000001000. The lowest BCUT2D eigenvalue weighted by Gasteiger charge is -2.13. The molecule has 0 bridgehead atoms. The summed E-state index contributed by atoms with van der Waals surface area (Å²) in [5.41, 5.74) is 36.8. The van der Waals surface area contributed by atoms with Gasteiger partial charge in [-0.3, -0.25) is 4.57 Å². The van der Waals surface area contributed by atoms with E-state index in [2.05, 4.69) is 395 Å². The number of aromatic nitrogens is 13. The monoisotopic (exact) mass is 1860 g/mol. The van der Waals surface area contributed by atoms with Crippen molar-refractivity contribution in [2.24, 2.45) is 0 Å². The second kappa shape index (κ2) is 31.4. The molecule has 0 fully saturated rings. The third-order valence-corrected chi connectivity index (χ3v) is 30.2. The van der Waals surface area contributed by atoms with Crippen molar-refractivity contribution < 1.29 is 0 Å². The van der Waals surface area contributed by atoms with Crippen molar-refractivity contribution in [2.45, 2.75) is 0 Å². The molecule has 146 heavy (non-hydrogen) atoms. The Kier molecular flexibility index (Phi) is 17.4. The van der Waals surface area contributed by atoms with Crippen molar-refractivity contribution in [3.8, 4) is 84.7 Å². The molecule has 0 aliphatic rings. The molecule has 0 amide bonds. The minimum absolute atomic E-state index is 0.563. The van der Waals surface area contributed by atoms with Crippen LogP contribution in [-0.4, -0.2) is 61.8 Å². The lowest BCUT2D eigenvalue weighted by Crippen LogP contribution is -2.04. The number of hydrogen-bond donors (Lipinski definition) is 0. The third kappa shape index (κ3) is 11.8. The van der Waals surface area contributed by atoms with Gasteiger partial charge in [-0.2, -0.15) is 4.98 Å². The van der Waals surface area contributed by atoms with Crippen molar-refractivity contribution >= 4 is 218 Å². The number of para-hydroxylation sites is 13. The van der Waals surface area contributed by atoms with Gasteiger partial charge in [0.25, 0.3) is 0 Å². The SMILES string of the molecule is [C-]#[N+]c1ccc(-c2nc(-n3c4ccccc4c4c5c6ccccc6n6c7ccccc7c(cc43)c56)nc3ncccc23)cc1.c1ccc(-c2ccc(-c3nc4ccccc4nc3-c3ccc(-n4c5ccccc5c5c6c7ccccc7n7c8ccccc8c(cc54)c67)cc3)cc2)cc1.c1ccc(-c2nc3ccccc3nc2-c2ccc(-n3c4ccccc4c4c5c6ccccc6n6c7ccccc7c(cc43)c56)cc2)cc1. The Hall–Kier alpha value is -20.1. The molecule has 0 saturated heterocycles.